The first-order valence-electron chi connectivity index (χ1n) is 19.2. The average Bonchev–Trinajstić information content (AvgIpc) is 4.07. The first-order chi connectivity index (χ1) is 27.6. The smallest absolute Gasteiger partial charge is 0.408 e. The summed E-state index contributed by atoms with van der Waals surface area (Å²) in [5.41, 5.74) is -1.77. The van der Waals surface area contributed by atoms with Crippen molar-refractivity contribution in [1.29, 1.82) is 0 Å². The van der Waals surface area contributed by atoms with Crippen LogP contribution in [0.25, 0.3) is 10.8 Å². The molecular weight excluding hydrogens is 833 g/mol. The normalized spacial score (nSPS) is 29.0. The summed E-state index contributed by atoms with van der Waals surface area (Å²) in [6, 6.07) is -0.273. The fourth-order valence-electron chi connectivity index (χ4n) is 8.01. The second kappa shape index (κ2) is 16.9. The number of ether oxygens (including phenoxy) is 2. The van der Waals surface area contributed by atoms with Gasteiger partial charge in [-0.25, -0.2) is 22.0 Å². The van der Waals surface area contributed by atoms with Crippen molar-refractivity contribution in [3.63, 3.8) is 0 Å². The van der Waals surface area contributed by atoms with Crippen LogP contribution in [0.5, 0.6) is 11.8 Å². The zero-order valence-corrected chi connectivity index (χ0v) is 33.8. The van der Waals surface area contributed by atoms with E-state index in [0.717, 1.165) is 4.90 Å². The maximum Gasteiger partial charge on any atom is 0.408 e. The number of rotatable bonds is 10. The first kappa shape index (κ1) is 44.1. The van der Waals surface area contributed by atoms with E-state index in [1.165, 1.54) is 19.1 Å². The Labute approximate surface area is 341 Å². The Morgan fingerprint density at radius 3 is 2.51 bits per heavy atom. The average molecular weight is 878 g/mol. The van der Waals surface area contributed by atoms with E-state index in [2.05, 4.69) is 15.0 Å². The first-order valence-corrected chi connectivity index (χ1v) is 21.2. The van der Waals surface area contributed by atoms with Crippen molar-refractivity contribution >= 4 is 56.2 Å². The number of benzene rings is 1. The van der Waals surface area contributed by atoms with Crippen molar-refractivity contribution in [3.8, 4) is 11.8 Å². The summed E-state index contributed by atoms with van der Waals surface area (Å²) in [6.45, 7) is 2.35. The molecule has 14 nitrogen and oxygen atoms in total. The molecule has 1 aromatic carbocycles. The number of hydrogen-bond acceptors (Lipinski definition) is 9. The molecule has 324 valence electrons. The summed E-state index contributed by atoms with van der Waals surface area (Å²) in [6.07, 6.45) is -6.40. The molecule has 6 rings (SSSR count). The van der Waals surface area contributed by atoms with Gasteiger partial charge < -0.3 is 24.8 Å². The van der Waals surface area contributed by atoms with Gasteiger partial charge in [0.15, 0.2) is 6.61 Å². The number of allylic oxidation sites excluding steroid dienone is 1. The van der Waals surface area contributed by atoms with Gasteiger partial charge in [0.1, 0.15) is 29.8 Å². The van der Waals surface area contributed by atoms with Gasteiger partial charge in [0.2, 0.25) is 33.6 Å². The number of halogens is 6. The van der Waals surface area contributed by atoms with E-state index in [-0.39, 0.29) is 57.6 Å². The lowest BCUT2D eigenvalue weighted by molar-refractivity contribution is -0.184. The van der Waals surface area contributed by atoms with Gasteiger partial charge in [0, 0.05) is 34.2 Å². The van der Waals surface area contributed by atoms with Gasteiger partial charge in [-0.3, -0.25) is 24.0 Å². The Bertz CT molecular complexity index is 2110. The molecule has 8 atom stereocenters. The Balaban J connectivity index is 1.42. The molecule has 1 saturated heterocycles. The zero-order valence-electron chi connectivity index (χ0n) is 32.3. The van der Waals surface area contributed by atoms with Crippen molar-refractivity contribution in [3.05, 3.63) is 41.4 Å². The van der Waals surface area contributed by atoms with Crippen molar-refractivity contribution in [2.75, 3.05) is 13.2 Å². The van der Waals surface area contributed by atoms with Crippen LogP contribution in [-0.2, 0) is 24.4 Å². The molecule has 1 aromatic heterocycles. The predicted octanol–water partition coefficient (Wildman–Crippen LogP) is 5.68. The molecule has 4 aliphatic rings. The van der Waals surface area contributed by atoms with E-state index in [1.807, 2.05) is 0 Å². The highest BCUT2D eigenvalue weighted by Crippen LogP contribution is 2.46. The number of amides is 4. The summed E-state index contributed by atoms with van der Waals surface area (Å²) in [5, 5.41) is 12.9. The summed E-state index contributed by atoms with van der Waals surface area (Å²) in [5.74, 6) is -5.52. The van der Waals surface area contributed by atoms with E-state index in [4.69, 9.17) is 21.1 Å². The molecule has 21 heteroatoms. The molecule has 0 unspecified atom stereocenters. The van der Waals surface area contributed by atoms with E-state index >= 15 is 0 Å². The standard InChI is InChI=1S/C38H45ClF5N5O9S/c1-19-7-4-5-8-22-16-37(22,35(52)47-59(55,56)24-11-12-24)46-32(50)28-14-23(58-33-25-9-6-10-27(39)26(25)15-30(45-33)57-18-29(40)41)17-48(28)34(51)31(20(2)13-19)49(36(53)54)21(3)38(42,43)44/h5-6,8-10,15,19-24,28-29,31H,4,7,11-14,16-18H2,1-3H3,(H,46,50)(H,47,52)(H,53,54)/b8-5-/t19-,20-,21-,22-,23-,28+,31+,37-/m1/s1. The summed E-state index contributed by atoms with van der Waals surface area (Å²) < 4.78 is 108. The highest BCUT2D eigenvalue weighted by Gasteiger charge is 2.62. The van der Waals surface area contributed by atoms with Crippen LogP contribution in [0, 0.1) is 17.8 Å². The number of pyridine rings is 1. The number of fused-ring (bicyclic) bond motifs is 3. The van der Waals surface area contributed by atoms with Gasteiger partial charge in [-0.05, 0) is 69.4 Å². The molecule has 2 aromatic rings. The second-order valence-electron chi connectivity index (χ2n) is 15.9. The highest BCUT2D eigenvalue weighted by atomic mass is 35.5. The Kier molecular flexibility index (Phi) is 12.6. The van der Waals surface area contributed by atoms with Crippen molar-refractivity contribution < 1.29 is 64.1 Å². The maximum atomic E-state index is 14.9. The van der Waals surface area contributed by atoms with Gasteiger partial charge in [0.05, 0.1) is 11.8 Å². The highest BCUT2D eigenvalue weighted by molar-refractivity contribution is 7.91. The maximum absolute atomic E-state index is 14.9. The monoisotopic (exact) mass is 877 g/mol. The molecule has 0 bridgehead atoms. The molecule has 3 fully saturated rings. The molecule has 4 amide bonds. The third kappa shape index (κ3) is 9.63. The zero-order chi connectivity index (χ0) is 43.2. The van der Waals surface area contributed by atoms with Crippen LogP contribution in [0.15, 0.2) is 36.4 Å². The molecule has 2 aliphatic heterocycles. The minimum absolute atomic E-state index is 0.00493. The van der Waals surface area contributed by atoms with Crippen LogP contribution in [0.2, 0.25) is 5.02 Å². The Morgan fingerprint density at radius 2 is 1.86 bits per heavy atom. The largest absolute Gasteiger partial charge is 0.472 e. The lowest BCUT2D eigenvalue weighted by Crippen LogP contribution is -2.62. The number of hydrogen-bond donors (Lipinski definition) is 3. The number of carboxylic acid groups (broad SMARTS) is 1. The minimum Gasteiger partial charge on any atom is -0.472 e. The quantitative estimate of drug-likeness (QED) is 0.198. The number of carbonyl (C=O) groups excluding carboxylic acids is 3. The Hall–Kier alpha value is -4.46. The molecule has 3 heterocycles. The third-order valence-electron chi connectivity index (χ3n) is 11.4. The van der Waals surface area contributed by atoms with Gasteiger partial charge in [-0.2, -0.15) is 18.2 Å². The number of sulfonamides is 1. The van der Waals surface area contributed by atoms with Crippen LogP contribution >= 0.6 is 11.6 Å². The van der Waals surface area contributed by atoms with Crippen LogP contribution in [0.3, 0.4) is 0 Å². The summed E-state index contributed by atoms with van der Waals surface area (Å²) in [7, 11) is -4.07. The number of aromatic nitrogens is 1. The number of nitrogens with zero attached hydrogens (tertiary/aromatic N) is 3. The molecule has 2 aliphatic carbocycles. The van der Waals surface area contributed by atoms with Crippen molar-refractivity contribution in [1.82, 2.24) is 24.8 Å². The summed E-state index contributed by atoms with van der Waals surface area (Å²) in [4.78, 5) is 61.0. The van der Waals surface area contributed by atoms with E-state index in [1.54, 1.807) is 31.2 Å². The molecule has 2 saturated carbocycles. The van der Waals surface area contributed by atoms with Crippen LogP contribution < -0.4 is 19.5 Å². The number of alkyl halides is 5. The molecule has 0 spiro atoms. The van der Waals surface area contributed by atoms with E-state index in [0.29, 0.717) is 32.6 Å². The molecule has 0 radical (unpaired) electrons. The predicted molar refractivity (Wildman–Crippen MR) is 202 cm³/mol. The lowest BCUT2D eigenvalue weighted by Gasteiger charge is -2.40. The fourth-order valence-corrected chi connectivity index (χ4v) is 9.60. The van der Waals surface area contributed by atoms with Crippen LogP contribution in [-0.4, -0.2) is 113 Å². The third-order valence-corrected chi connectivity index (χ3v) is 13.5. The van der Waals surface area contributed by atoms with Crippen LogP contribution in [0.4, 0.5) is 26.7 Å². The second-order valence-corrected chi connectivity index (χ2v) is 18.3. The Morgan fingerprint density at radius 1 is 1.15 bits per heavy atom. The van der Waals surface area contributed by atoms with Gasteiger partial charge in [-0.15, -0.1) is 0 Å². The SMILES string of the molecule is C[C@@H]1CC/C=C\[C@@H]2C[C@@]2(C(=O)NS(=O)(=O)C2CC2)NC(=O)[C@@H]2C[C@@H](Oc3nc(OCC(F)F)cc4c(Cl)cccc34)CN2C(=O)[C@@H](N(C(=O)O)[C@H](C)C(F)(F)F)[C@H](C)C1. The van der Waals surface area contributed by atoms with Gasteiger partial charge >= 0.3 is 12.3 Å². The molecule has 3 N–H and O–H groups in total. The van der Waals surface area contributed by atoms with Gasteiger partial charge in [0.25, 0.3) is 12.3 Å². The van der Waals surface area contributed by atoms with Crippen LogP contribution in [0.1, 0.15) is 65.7 Å². The summed E-state index contributed by atoms with van der Waals surface area (Å²) >= 11 is 6.41. The topological polar surface area (TPSA) is 185 Å². The van der Waals surface area contributed by atoms with Crippen molar-refractivity contribution in [2.45, 2.75) is 113 Å². The number of nitrogens with one attached hydrogen (secondary N) is 2. The molecule has 59 heavy (non-hydrogen) atoms. The van der Waals surface area contributed by atoms with E-state index < -0.39 is 106 Å². The van der Waals surface area contributed by atoms with E-state index in [9.17, 15) is 54.7 Å². The van der Waals surface area contributed by atoms with Gasteiger partial charge in [-0.1, -0.05) is 43.7 Å². The minimum atomic E-state index is -5.09. The lowest BCUT2D eigenvalue weighted by atomic mass is 9.86. The van der Waals surface area contributed by atoms with Crippen molar-refractivity contribution in [2.24, 2.45) is 17.8 Å². The fraction of sp³-hybridized carbons (Fsp3) is 0.605. The number of carbonyl (C=O) groups is 4. The molecular formula is C38H45ClF5N5O9S.